The fourth-order valence-electron chi connectivity index (χ4n) is 0.198. The summed E-state index contributed by atoms with van der Waals surface area (Å²) < 4.78 is 22.8. The molecule has 0 aromatic carbocycles. The topological polar surface area (TPSA) is 102 Å². The Bertz CT molecular complexity index is 162. The van der Waals surface area contributed by atoms with Crippen molar-refractivity contribution in [3.8, 4) is 0 Å². The average molecular weight is 200 g/mol. The van der Waals surface area contributed by atoms with Gasteiger partial charge in [-0.15, -0.1) is 0 Å². The monoisotopic (exact) mass is 200 g/mol. The van der Waals surface area contributed by atoms with Gasteiger partial charge in [-0.3, -0.25) is 4.89 Å². The lowest BCUT2D eigenvalue weighted by molar-refractivity contribution is -0.212. The summed E-state index contributed by atoms with van der Waals surface area (Å²) in [6.45, 7) is 0. The second-order valence-corrected chi connectivity index (χ2v) is 2.37. The van der Waals surface area contributed by atoms with Crippen molar-refractivity contribution in [1.82, 2.24) is 0 Å². The Labute approximate surface area is 70.9 Å². The van der Waals surface area contributed by atoms with Gasteiger partial charge in [0.1, 0.15) is 17.4 Å². The molecule has 0 aromatic heterocycles. The third-order valence-corrected chi connectivity index (χ3v) is 1.24. The smallest absolute Gasteiger partial charge is 0.361 e. The standard InChI is InChI=1S/C3H7NO5S2/c4-2(1-10)3(5)8-9-11(6)7/h2,10H,1,4H2,(H,6,7)/p-1/t2-/m0/s1. The molecule has 0 amide bonds. The van der Waals surface area contributed by atoms with Gasteiger partial charge in [0, 0.05) is 5.75 Å². The number of rotatable bonds is 4. The van der Waals surface area contributed by atoms with E-state index in [2.05, 4.69) is 21.9 Å². The minimum absolute atomic E-state index is 0.0493. The lowest BCUT2D eigenvalue weighted by Crippen LogP contribution is -2.34. The summed E-state index contributed by atoms with van der Waals surface area (Å²) in [5.41, 5.74) is 5.07. The molecule has 1 unspecified atom stereocenters. The number of nitrogens with two attached hydrogens (primary N) is 1. The maximum Gasteiger partial charge on any atom is 0.361 e. The zero-order valence-electron chi connectivity index (χ0n) is 5.26. The molecule has 66 valence electrons. The van der Waals surface area contributed by atoms with Crippen LogP contribution in [0, 0.1) is 0 Å². The van der Waals surface area contributed by atoms with Crippen molar-refractivity contribution in [2.75, 3.05) is 5.75 Å². The Kier molecular flexibility index (Phi) is 5.42. The van der Waals surface area contributed by atoms with Crippen LogP contribution in [0.1, 0.15) is 0 Å². The van der Waals surface area contributed by atoms with Gasteiger partial charge in [0.05, 0.1) is 0 Å². The molecule has 2 N–H and O–H groups in total. The molecule has 0 aromatic rings. The molecule has 0 saturated heterocycles. The highest BCUT2D eigenvalue weighted by molar-refractivity contribution is 7.80. The molecule has 0 aliphatic carbocycles. The van der Waals surface area contributed by atoms with E-state index in [-0.39, 0.29) is 5.75 Å². The van der Waals surface area contributed by atoms with Crippen molar-refractivity contribution in [3.05, 3.63) is 0 Å². The van der Waals surface area contributed by atoms with Crippen LogP contribution in [0.2, 0.25) is 0 Å². The number of hydrogen-bond donors (Lipinski definition) is 2. The number of hydrogen-bond acceptors (Lipinski definition) is 7. The Morgan fingerprint density at radius 3 is 2.73 bits per heavy atom. The number of carbonyl (C=O) groups excluding carboxylic acids is 1. The van der Waals surface area contributed by atoms with Gasteiger partial charge >= 0.3 is 5.97 Å². The van der Waals surface area contributed by atoms with Crippen molar-refractivity contribution in [2.45, 2.75) is 6.04 Å². The first-order chi connectivity index (χ1) is 5.07. The molecular weight excluding hydrogens is 194 g/mol. The average Bonchev–Trinajstić information content (AvgIpc) is 1.98. The summed E-state index contributed by atoms with van der Waals surface area (Å²) in [5, 5.41) is 0. The van der Waals surface area contributed by atoms with Crippen LogP contribution in [0.5, 0.6) is 0 Å². The maximum atomic E-state index is 10.5. The molecule has 6 nitrogen and oxygen atoms in total. The van der Waals surface area contributed by atoms with E-state index < -0.39 is 23.4 Å². The molecule has 8 heteroatoms. The third kappa shape index (κ3) is 5.16. The molecule has 11 heavy (non-hydrogen) atoms. The summed E-state index contributed by atoms with van der Waals surface area (Å²) in [4.78, 5) is 14.2. The van der Waals surface area contributed by atoms with Gasteiger partial charge in [0.2, 0.25) is 0 Å². The van der Waals surface area contributed by atoms with Crippen LogP contribution in [0.3, 0.4) is 0 Å². The van der Waals surface area contributed by atoms with Gasteiger partial charge in [-0.1, -0.05) is 4.33 Å². The minimum atomic E-state index is -2.88. The van der Waals surface area contributed by atoms with E-state index in [9.17, 15) is 13.6 Å². The van der Waals surface area contributed by atoms with E-state index in [1.54, 1.807) is 0 Å². The van der Waals surface area contributed by atoms with Crippen molar-refractivity contribution >= 4 is 30.0 Å². The van der Waals surface area contributed by atoms with Crippen LogP contribution >= 0.6 is 12.6 Å². The fraction of sp³-hybridized carbons (Fsp3) is 0.667. The van der Waals surface area contributed by atoms with Crippen molar-refractivity contribution in [2.24, 2.45) is 5.73 Å². The van der Waals surface area contributed by atoms with Crippen LogP contribution in [0.15, 0.2) is 0 Å². The van der Waals surface area contributed by atoms with Gasteiger partial charge in [-0.05, 0) is 0 Å². The van der Waals surface area contributed by atoms with E-state index in [0.29, 0.717) is 0 Å². The lowest BCUT2D eigenvalue weighted by Gasteiger charge is -2.07. The van der Waals surface area contributed by atoms with E-state index in [0.717, 1.165) is 0 Å². The van der Waals surface area contributed by atoms with E-state index >= 15 is 0 Å². The Balaban J connectivity index is 3.60. The molecule has 0 heterocycles. The molecule has 0 spiro atoms. The van der Waals surface area contributed by atoms with E-state index in [1.807, 2.05) is 0 Å². The second-order valence-electron chi connectivity index (χ2n) is 1.46. The third-order valence-electron chi connectivity index (χ3n) is 0.671. The first kappa shape index (κ1) is 10.8. The zero-order valence-corrected chi connectivity index (χ0v) is 6.97. The highest BCUT2D eigenvalue weighted by atomic mass is 32.2. The summed E-state index contributed by atoms with van der Waals surface area (Å²) in [7, 11) is 0. The van der Waals surface area contributed by atoms with Gasteiger partial charge < -0.3 is 10.3 Å². The SMILES string of the molecule is N[C@@H](CS)C(=O)OOS(=O)[O-]. The molecular formula is C3H6NO5S2-. The summed E-state index contributed by atoms with van der Waals surface area (Å²) >= 11 is 0.786. The number of carbonyl (C=O) groups is 1. The Morgan fingerprint density at radius 2 is 2.36 bits per heavy atom. The second kappa shape index (κ2) is 5.49. The first-order valence-electron chi connectivity index (χ1n) is 2.42. The van der Waals surface area contributed by atoms with Crippen LogP contribution < -0.4 is 5.73 Å². The molecule has 2 atom stereocenters. The predicted octanol–water partition coefficient (Wildman–Crippen LogP) is -1.49. The van der Waals surface area contributed by atoms with E-state index in [4.69, 9.17) is 5.73 Å². The molecule has 0 radical (unpaired) electrons. The van der Waals surface area contributed by atoms with Crippen LogP contribution in [-0.4, -0.2) is 26.5 Å². The van der Waals surface area contributed by atoms with Crippen molar-refractivity contribution < 1.29 is 22.8 Å². The molecule has 0 fully saturated rings. The highest BCUT2D eigenvalue weighted by Crippen LogP contribution is 1.90. The van der Waals surface area contributed by atoms with Crippen LogP contribution in [0.25, 0.3) is 0 Å². The van der Waals surface area contributed by atoms with Gasteiger partial charge in [0.25, 0.3) is 0 Å². The minimum Gasteiger partial charge on any atom is -0.747 e. The maximum absolute atomic E-state index is 10.5. The van der Waals surface area contributed by atoms with Gasteiger partial charge in [-0.25, -0.2) is 9.00 Å². The Hall–Kier alpha value is -0.150. The first-order valence-corrected chi connectivity index (χ1v) is 4.05. The molecule has 0 saturated carbocycles. The number of thiol groups is 1. The molecule has 0 aliphatic heterocycles. The van der Waals surface area contributed by atoms with Crippen molar-refractivity contribution in [1.29, 1.82) is 0 Å². The zero-order chi connectivity index (χ0) is 8.85. The molecule has 0 rings (SSSR count). The quantitative estimate of drug-likeness (QED) is 0.248. The lowest BCUT2D eigenvalue weighted by atomic mass is 10.4. The fourth-order valence-corrected chi connectivity index (χ4v) is 0.469. The summed E-state index contributed by atoms with van der Waals surface area (Å²) in [6.07, 6.45) is 0. The predicted molar refractivity (Wildman–Crippen MR) is 37.9 cm³/mol. The highest BCUT2D eigenvalue weighted by Gasteiger charge is 2.13. The van der Waals surface area contributed by atoms with E-state index in [1.165, 1.54) is 0 Å². The van der Waals surface area contributed by atoms with Gasteiger partial charge in [-0.2, -0.15) is 12.6 Å². The summed E-state index contributed by atoms with van der Waals surface area (Å²) in [6, 6.07) is -0.984. The molecule has 0 aliphatic rings. The summed E-state index contributed by atoms with van der Waals surface area (Å²) in [5.74, 6) is -0.933. The van der Waals surface area contributed by atoms with Crippen LogP contribution in [0.4, 0.5) is 0 Å². The normalized spacial score (nSPS) is 15.5. The van der Waals surface area contributed by atoms with Crippen molar-refractivity contribution in [3.63, 3.8) is 0 Å². The Morgan fingerprint density at radius 1 is 1.82 bits per heavy atom. The van der Waals surface area contributed by atoms with Gasteiger partial charge in [0.15, 0.2) is 0 Å². The molecule has 0 bridgehead atoms. The largest absolute Gasteiger partial charge is 0.747 e. The van der Waals surface area contributed by atoms with Crippen LogP contribution in [-0.2, 0) is 25.4 Å².